The Morgan fingerprint density at radius 1 is 1.05 bits per heavy atom. The lowest BCUT2D eigenvalue weighted by Gasteiger charge is -2.07. The van der Waals surface area contributed by atoms with Gasteiger partial charge in [-0.2, -0.15) is 0 Å². The lowest BCUT2D eigenvalue weighted by molar-refractivity contribution is 0.433. The Morgan fingerprint density at radius 2 is 1.81 bits per heavy atom. The monoisotopic (exact) mass is 286 g/mol. The van der Waals surface area contributed by atoms with Crippen LogP contribution >= 0.6 is 0 Å². The summed E-state index contributed by atoms with van der Waals surface area (Å²) in [6.07, 6.45) is 0. The van der Waals surface area contributed by atoms with Gasteiger partial charge in [0.25, 0.3) is 0 Å². The van der Waals surface area contributed by atoms with Crippen LogP contribution in [0.1, 0.15) is 5.56 Å². The third-order valence-electron chi connectivity index (χ3n) is 3.31. The highest BCUT2D eigenvalue weighted by molar-refractivity contribution is 5.87. The number of hydrogen-bond donors (Lipinski definition) is 1. The van der Waals surface area contributed by atoms with E-state index < -0.39 is 11.6 Å². The quantitative estimate of drug-likeness (QED) is 0.769. The molecule has 0 fully saturated rings. The molecular formula is C16H12F2N2O. The highest BCUT2D eigenvalue weighted by Gasteiger charge is 2.21. The first-order chi connectivity index (χ1) is 10.1. The predicted octanol–water partition coefficient (Wildman–Crippen LogP) is 4.18. The van der Waals surface area contributed by atoms with Crippen molar-refractivity contribution in [3.05, 3.63) is 59.7 Å². The molecule has 5 heteroatoms. The van der Waals surface area contributed by atoms with Gasteiger partial charge in [0.05, 0.1) is 11.1 Å². The maximum Gasteiger partial charge on any atom is 0.179 e. The second-order valence-electron chi connectivity index (χ2n) is 4.71. The van der Waals surface area contributed by atoms with Crippen LogP contribution in [0, 0.1) is 18.6 Å². The Balaban J connectivity index is 2.25. The summed E-state index contributed by atoms with van der Waals surface area (Å²) in [4.78, 5) is 0. The van der Waals surface area contributed by atoms with Gasteiger partial charge in [-0.15, -0.1) is 0 Å². The third-order valence-corrected chi connectivity index (χ3v) is 3.31. The number of nitrogen functional groups attached to an aromatic ring is 1. The number of anilines is 1. The van der Waals surface area contributed by atoms with Crippen LogP contribution in [-0.4, -0.2) is 5.16 Å². The number of nitrogens with two attached hydrogens (primary N) is 1. The Hall–Kier alpha value is -2.69. The first-order valence-electron chi connectivity index (χ1n) is 6.34. The van der Waals surface area contributed by atoms with E-state index in [1.165, 1.54) is 12.1 Å². The highest BCUT2D eigenvalue weighted by atomic mass is 19.1. The van der Waals surface area contributed by atoms with Crippen LogP contribution in [0.25, 0.3) is 22.5 Å². The minimum atomic E-state index is -0.721. The molecule has 3 aromatic rings. The molecular weight excluding hydrogens is 274 g/mol. The van der Waals surface area contributed by atoms with Crippen molar-refractivity contribution >= 4 is 5.82 Å². The average molecular weight is 286 g/mol. The smallest absolute Gasteiger partial charge is 0.179 e. The van der Waals surface area contributed by atoms with Gasteiger partial charge in [-0.05, 0) is 30.2 Å². The molecule has 0 saturated carbocycles. The Bertz CT molecular complexity index is 812. The van der Waals surface area contributed by atoms with E-state index in [-0.39, 0.29) is 17.1 Å². The molecule has 0 bridgehead atoms. The van der Waals surface area contributed by atoms with Gasteiger partial charge in [0.2, 0.25) is 0 Å². The number of rotatable bonds is 2. The van der Waals surface area contributed by atoms with Crippen molar-refractivity contribution < 1.29 is 13.3 Å². The number of nitrogens with zero attached hydrogens (tertiary/aromatic N) is 1. The fraction of sp³-hybridized carbons (Fsp3) is 0.0625. The van der Waals surface area contributed by atoms with Gasteiger partial charge in [-0.1, -0.05) is 29.4 Å². The lowest BCUT2D eigenvalue weighted by Crippen LogP contribution is -1.92. The lowest BCUT2D eigenvalue weighted by atomic mass is 9.97. The third kappa shape index (κ3) is 2.27. The van der Waals surface area contributed by atoms with Crippen molar-refractivity contribution in [3.8, 4) is 22.5 Å². The zero-order chi connectivity index (χ0) is 15.0. The summed E-state index contributed by atoms with van der Waals surface area (Å²) < 4.78 is 32.2. The molecule has 3 nitrogen and oxygen atoms in total. The van der Waals surface area contributed by atoms with Crippen LogP contribution in [0.15, 0.2) is 47.0 Å². The second kappa shape index (κ2) is 5.01. The van der Waals surface area contributed by atoms with E-state index in [0.717, 1.165) is 17.2 Å². The number of benzene rings is 2. The number of halogens is 2. The molecule has 0 atom stereocenters. The minimum Gasteiger partial charge on any atom is -0.380 e. The van der Waals surface area contributed by atoms with Crippen molar-refractivity contribution in [1.82, 2.24) is 5.16 Å². The Labute approximate surface area is 120 Å². The Kier molecular flexibility index (Phi) is 3.17. The van der Waals surface area contributed by atoms with E-state index in [2.05, 4.69) is 5.16 Å². The van der Waals surface area contributed by atoms with Crippen molar-refractivity contribution in [3.63, 3.8) is 0 Å². The highest BCUT2D eigenvalue weighted by Crippen LogP contribution is 2.38. The van der Waals surface area contributed by atoms with Gasteiger partial charge >= 0.3 is 0 Å². The SMILES string of the molecule is Cc1ccccc1-c1c(N)noc1-c1ccc(F)cc1F. The topological polar surface area (TPSA) is 52.0 Å². The normalized spacial score (nSPS) is 10.8. The van der Waals surface area contributed by atoms with Gasteiger partial charge in [0, 0.05) is 6.07 Å². The van der Waals surface area contributed by atoms with Crippen LogP contribution < -0.4 is 5.73 Å². The van der Waals surface area contributed by atoms with Gasteiger partial charge < -0.3 is 10.3 Å². The fourth-order valence-electron chi connectivity index (χ4n) is 2.27. The first-order valence-corrected chi connectivity index (χ1v) is 6.34. The van der Waals surface area contributed by atoms with E-state index in [4.69, 9.17) is 10.3 Å². The fourth-order valence-corrected chi connectivity index (χ4v) is 2.27. The van der Waals surface area contributed by atoms with Crippen LogP contribution in [0.2, 0.25) is 0 Å². The summed E-state index contributed by atoms with van der Waals surface area (Å²) in [6, 6.07) is 10.8. The van der Waals surface area contributed by atoms with Crippen LogP contribution in [0.3, 0.4) is 0 Å². The molecule has 3 rings (SSSR count). The van der Waals surface area contributed by atoms with Gasteiger partial charge in [-0.25, -0.2) is 8.78 Å². The summed E-state index contributed by atoms with van der Waals surface area (Å²) in [5.41, 5.74) is 8.25. The second-order valence-corrected chi connectivity index (χ2v) is 4.71. The molecule has 106 valence electrons. The first kappa shape index (κ1) is 13.3. The average Bonchev–Trinajstić information content (AvgIpc) is 2.81. The van der Waals surface area contributed by atoms with Crippen LogP contribution in [0.5, 0.6) is 0 Å². The molecule has 0 saturated heterocycles. The molecule has 0 amide bonds. The molecule has 0 aliphatic heterocycles. The number of aryl methyl sites for hydroxylation is 1. The van der Waals surface area contributed by atoms with E-state index in [0.29, 0.717) is 5.56 Å². The molecule has 0 radical (unpaired) electrons. The molecule has 0 spiro atoms. The van der Waals surface area contributed by atoms with Crippen LogP contribution in [-0.2, 0) is 0 Å². The molecule has 0 aliphatic rings. The zero-order valence-electron chi connectivity index (χ0n) is 11.2. The largest absolute Gasteiger partial charge is 0.380 e. The van der Waals surface area contributed by atoms with Crippen molar-refractivity contribution in [2.24, 2.45) is 0 Å². The maximum atomic E-state index is 14.0. The van der Waals surface area contributed by atoms with E-state index in [1.807, 2.05) is 31.2 Å². The molecule has 21 heavy (non-hydrogen) atoms. The van der Waals surface area contributed by atoms with Crippen LogP contribution in [0.4, 0.5) is 14.6 Å². The van der Waals surface area contributed by atoms with Crippen molar-refractivity contribution in [1.29, 1.82) is 0 Å². The standard InChI is InChI=1S/C16H12F2N2O/c1-9-4-2-3-5-11(9)14-15(21-20-16(14)19)12-7-6-10(17)8-13(12)18/h2-8H,1H3,(H2,19,20). The van der Waals surface area contributed by atoms with Gasteiger partial charge in [0.15, 0.2) is 11.6 Å². The number of hydrogen-bond acceptors (Lipinski definition) is 3. The van der Waals surface area contributed by atoms with Crippen molar-refractivity contribution in [2.75, 3.05) is 5.73 Å². The predicted molar refractivity (Wildman–Crippen MR) is 76.4 cm³/mol. The molecule has 2 aromatic carbocycles. The van der Waals surface area contributed by atoms with Gasteiger partial charge in [-0.3, -0.25) is 0 Å². The Morgan fingerprint density at radius 3 is 2.52 bits per heavy atom. The summed E-state index contributed by atoms with van der Waals surface area (Å²) in [7, 11) is 0. The molecule has 1 heterocycles. The molecule has 1 aromatic heterocycles. The van der Waals surface area contributed by atoms with E-state index >= 15 is 0 Å². The summed E-state index contributed by atoms with van der Waals surface area (Å²) in [6.45, 7) is 1.91. The minimum absolute atomic E-state index is 0.124. The molecule has 0 aliphatic carbocycles. The van der Waals surface area contributed by atoms with E-state index in [9.17, 15) is 8.78 Å². The number of aromatic nitrogens is 1. The van der Waals surface area contributed by atoms with Crippen molar-refractivity contribution in [2.45, 2.75) is 6.92 Å². The molecule has 0 unspecified atom stereocenters. The summed E-state index contributed by atoms with van der Waals surface area (Å²) >= 11 is 0. The maximum absolute atomic E-state index is 14.0. The van der Waals surface area contributed by atoms with E-state index in [1.54, 1.807) is 0 Å². The summed E-state index contributed by atoms with van der Waals surface area (Å²) in [5, 5.41) is 3.72. The van der Waals surface area contributed by atoms with Gasteiger partial charge in [0.1, 0.15) is 11.6 Å². The zero-order valence-corrected chi connectivity index (χ0v) is 11.2. The summed E-state index contributed by atoms with van der Waals surface area (Å²) in [5.74, 6) is -1.01. The molecule has 2 N–H and O–H groups in total.